The second-order valence-electron chi connectivity index (χ2n) is 7.52. The number of phenolic OH excluding ortho intramolecular Hbond substituents is 1. The van der Waals surface area contributed by atoms with Crippen molar-refractivity contribution < 1.29 is 19.8 Å². The van der Waals surface area contributed by atoms with Gasteiger partial charge in [0.25, 0.3) is 5.91 Å². The molecule has 1 unspecified atom stereocenters. The maximum absolute atomic E-state index is 13.0. The van der Waals surface area contributed by atoms with E-state index in [4.69, 9.17) is 0 Å². The summed E-state index contributed by atoms with van der Waals surface area (Å²) in [5.41, 5.74) is 1.45. The fourth-order valence-corrected chi connectivity index (χ4v) is 3.56. The van der Waals surface area contributed by atoms with Crippen LogP contribution in [-0.4, -0.2) is 58.9 Å². The molecule has 1 amide bonds. The first kappa shape index (κ1) is 21.3. The van der Waals surface area contributed by atoms with Crippen molar-refractivity contribution in [1.82, 2.24) is 9.80 Å². The normalized spacial score (nSPS) is 16.8. The van der Waals surface area contributed by atoms with Crippen molar-refractivity contribution >= 4 is 17.8 Å². The first-order chi connectivity index (χ1) is 14.4. The maximum Gasteiger partial charge on any atom is 0.290 e. The molecule has 2 aromatic rings. The average molecular weight is 406 g/mol. The van der Waals surface area contributed by atoms with Gasteiger partial charge in [0.2, 0.25) is 0 Å². The molecule has 0 bridgehead atoms. The summed E-state index contributed by atoms with van der Waals surface area (Å²) < 4.78 is 0. The highest BCUT2D eigenvalue weighted by atomic mass is 16.3. The van der Waals surface area contributed by atoms with Crippen LogP contribution in [0.15, 0.2) is 72.0 Å². The number of carbonyl (C=O) groups is 2. The van der Waals surface area contributed by atoms with E-state index in [1.807, 2.05) is 49.3 Å². The molecule has 2 N–H and O–H groups in total. The third-order valence-corrected chi connectivity index (χ3v) is 4.99. The van der Waals surface area contributed by atoms with Crippen LogP contribution in [0.3, 0.4) is 0 Å². The van der Waals surface area contributed by atoms with Crippen LogP contribution in [0.2, 0.25) is 0 Å². The number of aromatic hydroxyl groups is 1. The molecule has 6 nitrogen and oxygen atoms in total. The zero-order valence-electron chi connectivity index (χ0n) is 17.2. The summed E-state index contributed by atoms with van der Waals surface area (Å²) >= 11 is 0. The Labute approximate surface area is 176 Å². The molecule has 0 spiro atoms. The van der Waals surface area contributed by atoms with Gasteiger partial charge in [-0.2, -0.15) is 0 Å². The fraction of sp³-hybridized carbons (Fsp3) is 0.250. The van der Waals surface area contributed by atoms with E-state index in [1.54, 1.807) is 18.2 Å². The monoisotopic (exact) mass is 406 g/mol. The summed E-state index contributed by atoms with van der Waals surface area (Å²) in [6.45, 7) is 1.13. The number of nitrogens with zero attached hydrogens (tertiary/aromatic N) is 2. The quantitative estimate of drug-likeness (QED) is 0.658. The van der Waals surface area contributed by atoms with Crippen molar-refractivity contribution in [3.63, 3.8) is 0 Å². The third kappa shape index (κ3) is 4.78. The summed E-state index contributed by atoms with van der Waals surface area (Å²) in [6, 6.07) is 15.0. The second-order valence-corrected chi connectivity index (χ2v) is 7.52. The molecule has 1 atom stereocenters. The van der Waals surface area contributed by atoms with Gasteiger partial charge in [0.1, 0.15) is 5.75 Å². The zero-order chi connectivity index (χ0) is 21.7. The number of rotatable bonds is 8. The molecule has 2 aromatic carbocycles. The van der Waals surface area contributed by atoms with Crippen LogP contribution in [-0.2, 0) is 9.59 Å². The Morgan fingerprint density at radius 3 is 2.50 bits per heavy atom. The predicted octanol–water partition coefficient (Wildman–Crippen LogP) is 3.32. The highest BCUT2D eigenvalue weighted by molar-refractivity contribution is 6.14. The SMILES string of the molecule is CN(C)CCCN1C(=O)C(O)=C(C(=O)C=Cc2ccccc2)C1c1cccc(O)c1. The van der Waals surface area contributed by atoms with E-state index in [-0.39, 0.29) is 11.3 Å². The van der Waals surface area contributed by atoms with Gasteiger partial charge in [0.15, 0.2) is 11.5 Å². The maximum atomic E-state index is 13.0. The van der Waals surface area contributed by atoms with Crippen molar-refractivity contribution in [3.8, 4) is 5.75 Å². The molecule has 30 heavy (non-hydrogen) atoms. The molecule has 0 aromatic heterocycles. The van der Waals surface area contributed by atoms with Crippen molar-refractivity contribution in [2.75, 3.05) is 27.2 Å². The summed E-state index contributed by atoms with van der Waals surface area (Å²) in [6.07, 6.45) is 3.71. The standard InChI is InChI=1S/C24H26N2O4/c1-25(2)14-7-15-26-22(18-10-6-11-19(27)16-18)21(23(29)24(26)30)20(28)13-12-17-8-4-3-5-9-17/h3-6,8-13,16,22,27,29H,7,14-15H2,1-2H3. The van der Waals surface area contributed by atoms with Crippen LogP contribution in [0.1, 0.15) is 23.6 Å². The number of benzene rings is 2. The molecule has 1 heterocycles. The van der Waals surface area contributed by atoms with Crippen LogP contribution < -0.4 is 0 Å². The fourth-order valence-electron chi connectivity index (χ4n) is 3.56. The molecule has 0 saturated carbocycles. The lowest BCUT2D eigenvalue weighted by atomic mass is 9.95. The van der Waals surface area contributed by atoms with Crippen LogP contribution in [0, 0.1) is 0 Å². The van der Waals surface area contributed by atoms with Gasteiger partial charge in [0, 0.05) is 6.54 Å². The summed E-state index contributed by atoms with van der Waals surface area (Å²) in [4.78, 5) is 29.3. The van der Waals surface area contributed by atoms with E-state index in [2.05, 4.69) is 0 Å². The Bertz CT molecular complexity index is 980. The Hall–Kier alpha value is -3.38. The Morgan fingerprint density at radius 1 is 1.10 bits per heavy atom. The van der Waals surface area contributed by atoms with Crippen molar-refractivity contribution in [1.29, 1.82) is 0 Å². The zero-order valence-corrected chi connectivity index (χ0v) is 17.2. The molecule has 0 fully saturated rings. The largest absolute Gasteiger partial charge is 0.508 e. The summed E-state index contributed by atoms with van der Waals surface area (Å²) in [5, 5.41) is 20.5. The third-order valence-electron chi connectivity index (χ3n) is 4.99. The number of ketones is 1. The Morgan fingerprint density at radius 2 is 1.83 bits per heavy atom. The Kier molecular flexibility index (Phi) is 6.69. The molecule has 0 aliphatic carbocycles. The number of amides is 1. The van der Waals surface area contributed by atoms with E-state index in [0.717, 1.165) is 12.1 Å². The lowest BCUT2D eigenvalue weighted by Gasteiger charge is -2.27. The number of hydrogen-bond acceptors (Lipinski definition) is 5. The van der Waals surface area contributed by atoms with Gasteiger partial charge in [0.05, 0.1) is 11.6 Å². The van der Waals surface area contributed by atoms with E-state index in [9.17, 15) is 19.8 Å². The molecule has 0 radical (unpaired) electrons. The minimum atomic E-state index is -0.750. The minimum absolute atomic E-state index is 0.0302. The van der Waals surface area contributed by atoms with E-state index < -0.39 is 23.5 Å². The smallest absolute Gasteiger partial charge is 0.290 e. The van der Waals surface area contributed by atoms with E-state index >= 15 is 0 Å². The average Bonchev–Trinajstić information content (AvgIpc) is 2.97. The van der Waals surface area contributed by atoms with Gasteiger partial charge in [-0.05, 0) is 56.4 Å². The number of hydrogen-bond donors (Lipinski definition) is 2. The first-order valence-corrected chi connectivity index (χ1v) is 9.83. The van der Waals surface area contributed by atoms with Crippen molar-refractivity contribution in [2.45, 2.75) is 12.5 Å². The number of phenols is 1. The van der Waals surface area contributed by atoms with Crippen LogP contribution in [0.25, 0.3) is 6.08 Å². The molecule has 156 valence electrons. The highest BCUT2D eigenvalue weighted by Gasteiger charge is 2.42. The molecule has 0 saturated heterocycles. The topological polar surface area (TPSA) is 81.1 Å². The molecule has 1 aliphatic rings. The molecular formula is C24H26N2O4. The highest BCUT2D eigenvalue weighted by Crippen LogP contribution is 2.38. The number of aliphatic hydroxyl groups is 1. The molecular weight excluding hydrogens is 380 g/mol. The van der Waals surface area contributed by atoms with Gasteiger partial charge < -0.3 is 20.0 Å². The van der Waals surface area contributed by atoms with E-state index in [1.165, 1.54) is 23.1 Å². The summed E-state index contributed by atoms with van der Waals surface area (Å²) in [7, 11) is 3.88. The summed E-state index contributed by atoms with van der Waals surface area (Å²) in [5.74, 6) is -1.51. The molecule has 1 aliphatic heterocycles. The Balaban J connectivity index is 1.94. The van der Waals surface area contributed by atoms with Gasteiger partial charge in [-0.15, -0.1) is 0 Å². The van der Waals surface area contributed by atoms with E-state index in [0.29, 0.717) is 18.5 Å². The van der Waals surface area contributed by atoms with Crippen molar-refractivity contribution in [2.24, 2.45) is 0 Å². The van der Waals surface area contributed by atoms with Gasteiger partial charge >= 0.3 is 0 Å². The van der Waals surface area contributed by atoms with Gasteiger partial charge in [-0.3, -0.25) is 9.59 Å². The minimum Gasteiger partial charge on any atom is -0.508 e. The lowest BCUT2D eigenvalue weighted by molar-refractivity contribution is -0.129. The van der Waals surface area contributed by atoms with Crippen LogP contribution in [0.5, 0.6) is 5.75 Å². The van der Waals surface area contributed by atoms with Gasteiger partial charge in [-0.1, -0.05) is 48.5 Å². The number of allylic oxidation sites excluding steroid dienone is 1. The van der Waals surface area contributed by atoms with Gasteiger partial charge in [-0.25, -0.2) is 0 Å². The molecule has 3 rings (SSSR count). The molecule has 6 heteroatoms. The second kappa shape index (κ2) is 9.41. The first-order valence-electron chi connectivity index (χ1n) is 9.83. The van der Waals surface area contributed by atoms with Crippen LogP contribution >= 0.6 is 0 Å². The van der Waals surface area contributed by atoms with Crippen molar-refractivity contribution in [3.05, 3.63) is 83.1 Å². The lowest BCUT2D eigenvalue weighted by Crippen LogP contribution is -2.33. The number of aliphatic hydroxyl groups excluding tert-OH is 1. The predicted molar refractivity (Wildman–Crippen MR) is 116 cm³/mol. The number of carbonyl (C=O) groups excluding carboxylic acids is 2. The van der Waals surface area contributed by atoms with Crippen LogP contribution in [0.4, 0.5) is 0 Å².